The number of benzene rings is 1. The predicted molar refractivity (Wildman–Crippen MR) is 64.9 cm³/mol. The van der Waals surface area contributed by atoms with E-state index in [1.54, 1.807) is 0 Å². The molecule has 0 aromatic heterocycles. The first kappa shape index (κ1) is 12.3. The van der Waals surface area contributed by atoms with Gasteiger partial charge in [0.25, 0.3) is 0 Å². The van der Waals surface area contributed by atoms with Crippen LogP contribution in [0.1, 0.15) is 20.3 Å². The molecule has 0 radical (unpaired) electrons. The molecule has 4 heteroatoms. The third-order valence-corrected chi connectivity index (χ3v) is 3.81. The van der Waals surface area contributed by atoms with E-state index in [9.17, 15) is 8.78 Å². The van der Waals surface area contributed by atoms with Crippen LogP contribution in [0.2, 0.25) is 0 Å². The van der Waals surface area contributed by atoms with Crippen molar-refractivity contribution in [2.24, 2.45) is 11.7 Å². The van der Waals surface area contributed by atoms with E-state index in [1.807, 2.05) is 11.8 Å². The summed E-state index contributed by atoms with van der Waals surface area (Å²) in [5.74, 6) is -0.750. The van der Waals surface area contributed by atoms with E-state index in [4.69, 9.17) is 5.73 Å². The van der Waals surface area contributed by atoms with Gasteiger partial charge in [0, 0.05) is 30.4 Å². The number of nitrogens with two attached hydrogens (primary N) is 1. The Morgan fingerprint density at radius 2 is 1.76 bits per heavy atom. The van der Waals surface area contributed by atoms with Gasteiger partial charge < -0.3 is 10.6 Å². The van der Waals surface area contributed by atoms with Crippen molar-refractivity contribution in [2.45, 2.75) is 32.4 Å². The number of nitrogens with zero attached hydrogens (tertiary/aromatic N) is 1. The maximum absolute atomic E-state index is 13.2. The lowest BCUT2D eigenvalue weighted by Crippen LogP contribution is -2.51. The Morgan fingerprint density at radius 1 is 1.18 bits per heavy atom. The van der Waals surface area contributed by atoms with E-state index in [2.05, 4.69) is 6.92 Å². The quantitative estimate of drug-likeness (QED) is 0.817. The van der Waals surface area contributed by atoms with Gasteiger partial charge in [-0.15, -0.1) is 0 Å². The van der Waals surface area contributed by atoms with Gasteiger partial charge in [-0.3, -0.25) is 0 Å². The average Bonchev–Trinajstić information content (AvgIpc) is 2.24. The van der Waals surface area contributed by atoms with Gasteiger partial charge >= 0.3 is 0 Å². The van der Waals surface area contributed by atoms with Crippen molar-refractivity contribution in [3.8, 4) is 0 Å². The zero-order chi connectivity index (χ0) is 12.6. The minimum absolute atomic E-state index is 0.166. The second-order valence-electron chi connectivity index (χ2n) is 4.87. The number of piperidine rings is 1. The van der Waals surface area contributed by atoms with Crippen LogP contribution in [0.5, 0.6) is 0 Å². The van der Waals surface area contributed by atoms with Crippen molar-refractivity contribution in [3.63, 3.8) is 0 Å². The molecule has 2 nitrogen and oxygen atoms in total. The molecule has 1 aromatic rings. The smallest absolute Gasteiger partial charge is 0.128 e. The molecule has 1 aromatic carbocycles. The van der Waals surface area contributed by atoms with E-state index >= 15 is 0 Å². The summed E-state index contributed by atoms with van der Waals surface area (Å²) in [6.07, 6.45) is 0.851. The van der Waals surface area contributed by atoms with Gasteiger partial charge in [-0.2, -0.15) is 0 Å². The van der Waals surface area contributed by atoms with Crippen molar-refractivity contribution in [3.05, 3.63) is 29.8 Å². The zero-order valence-corrected chi connectivity index (χ0v) is 10.2. The first-order chi connectivity index (χ1) is 7.99. The first-order valence-corrected chi connectivity index (χ1v) is 5.97. The van der Waals surface area contributed by atoms with Gasteiger partial charge in [-0.25, -0.2) is 8.78 Å². The highest BCUT2D eigenvalue weighted by atomic mass is 19.1. The Balaban J connectivity index is 2.27. The normalized spacial score (nSPS) is 29.5. The average molecular weight is 240 g/mol. The lowest BCUT2D eigenvalue weighted by molar-refractivity contribution is 0.315. The maximum atomic E-state index is 13.2. The molecule has 1 fully saturated rings. The van der Waals surface area contributed by atoms with Crippen molar-refractivity contribution in [1.82, 2.24) is 0 Å². The van der Waals surface area contributed by atoms with Crippen LogP contribution in [0.4, 0.5) is 14.5 Å². The fourth-order valence-corrected chi connectivity index (χ4v) is 2.47. The molecule has 2 N–H and O–H groups in total. The molecule has 0 bridgehead atoms. The number of hydrogen-bond acceptors (Lipinski definition) is 2. The lowest BCUT2D eigenvalue weighted by Gasteiger charge is -2.42. The number of rotatable bonds is 1. The minimum atomic E-state index is -0.533. The van der Waals surface area contributed by atoms with Crippen LogP contribution in [-0.4, -0.2) is 18.6 Å². The highest BCUT2D eigenvalue weighted by Gasteiger charge is 2.30. The van der Waals surface area contributed by atoms with Crippen molar-refractivity contribution in [2.75, 3.05) is 11.4 Å². The molecular weight excluding hydrogens is 222 g/mol. The summed E-state index contributed by atoms with van der Waals surface area (Å²) in [5.41, 5.74) is 6.60. The highest BCUT2D eigenvalue weighted by Crippen LogP contribution is 2.28. The standard InChI is InChI=1S/C13H18F2N2/c1-8-9(2)17(4-3-13(8)16)12-6-10(14)5-11(15)7-12/h5-9,13H,3-4,16H2,1-2H3. The predicted octanol–water partition coefficient (Wildman–Crippen LogP) is 2.53. The molecule has 1 aliphatic rings. The van der Waals surface area contributed by atoms with Gasteiger partial charge in [0.05, 0.1) is 0 Å². The molecule has 0 saturated carbocycles. The van der Waals surface area contributed by atoms with Crippen molar-refractivity contribution < 1.29 is 8.78 Å². The SMILES string of the molecule is CC1C(N)CCN(c2cc(F)cc(F)c2)C1C. The second kappa shape index (κ2) is 4.61. The van der Waals surface area contributed by atoms with E-state index in [0.29, 0.717) is 11.6 Å². The molecule has 17 heavy (non-hydrogen) atoms. The number of hydrogen-bond donors (Lipinski definition) is 1. The summed E-state index contributed by atoms with van der Waals surface area (Å²) in [6, 6.07) is 4.01. The Hall–Kier alpha value is -1.16. The third-order valence-electron chi connectivity index (χ3n) is 3.81. The lowest BCUT2D eigenvalue weighted by atomic mass is 9.87. The van der Waals surface area contributed by atoms with Crippen molar-refractivity contribution in [1.29, 1.82) is 0 Å². The summed E-state index contributed by atoms with van der Waals surface area (Å²) < 4.78 is 26.4. The summed E-state index contributed by atoms with van der Waals surface area (Å²) in [5, 5.41) is 0. The number of halogens is 2. The summed E-state index contributed by atoms with van der Waals surface area (Å²) in [7, 11) is 0. The molecule has 1 aliphatic heterocycles. The molecule has 1 heterocycles. The molecule has 3 atom stereocenters. The van der Waals surface area contributed by atoms with Gasteiger partial charge in [0.15, 0.2) is 0 Å². The Morgan fingerprint density at radius 3 is 2.35 bits per heavy atom. The van der Waals surface area contributed by atoms with E-state index in [-0.39, 0.29) is 12.1 Å². The van der Waals surface area contributed by atoms with Crippen LogP contribution in [0.15, 0.2) is 18.2 Å². The van der Waals surface area contributed by atoms with E-state index < -0.39 is 11.6 Å². The molecule has 1 saturated heterocycles. The molecule has 2 rings (SSSR count). The Kier molecular flexibility index (Phi) is 3.33. The van der Waals surface area contributed by atoms with Crippen LogP contribution >= 0.6 is 0 Å². The Labute approximate surface area is 100 Å². The largest absolute Gasteiger partial charge is 0.368 e. The minimum Gasteiger partial charge on any atom is -0.368 e. The van der Waals surface area contributed by atoms with Crippen molar-refractivity contribution >= 4 is 5.69 Å². The first-order valence-electron chi connectivity index (χ1n) is 5.97. The van der Waals surface area contributed by atoms with Gasteiger partial charge in [0.2, 0.25) is 0 Å². The van der Waals surface area contributed by atoms with Crippen LogP contribution in [0.25, 0.3) is 0 Å². The van der Waals surface area contributed by atoms with Gasteiger partial charge in [-0.1, -0.05) is 6.92 Å². The monoisotopic (exact) mass is 240 g/mol. The fraction of sp³-hybridized carbons (Fsp3) is 0.538. The fourth-order valence-electron chi connectivity index (χ4n) is 2.47. The summed E-state index contributed by atoms with van der Waals surface area (Å²) >= 11 is 0. The molecule has 0 aliphatic carbocycles. The van der Waals surface area contributed by atoms with E-state index in [1.165, 1.54) is 12.1 Å². The zero-order valence-electron chi connectivity index (χ0n) is 10.2. The topological polar surface area (TPSA) is 29.3 Å². The van der Waals surface area contributed by atoms with E-state index in [0.717, 1.165) is 19.0 Å². The van der Waals surface area contributed by atoms with Gasteiger partial charge in [0.1, 0.15) is 11.6 Å². The summed E-state index contributed by atoms with van der Waals surface area (Å²) in [4.78, 5) is 2.03. The van der Waals surface area contributed by atoms with Gasteiger partial charge in [-0.05, 0) is 31.4 Å². The molecule has 0 amide bonds. The summed E-state index contributed by atoms with van der Waals surface area (Å²) in [6.45, 7) is 4.87. The molecule has 3 unspecified atom stereocenters. The van der Waals surface area contributed by atoms with Crippen LogP contribution in [-0.2, 0) is 0 Å². The van der Waals surface area contributed by atoms with Crippen LogP contribution in [0.3, 0.4) is 0 Å². The van der Waals surface area contributed by atoms with Crippen LogP contribution in [0, 0.1) is 17.6 Å². The third kappa shape index (κ3) is 2.41. The Bertz CT molecular complexity index is 388. The molecule has 94 valence electrons. The second-order valence-corrected chi connectivity index (χ2v) is 4.87. The number of anilines is 1. The highest BCUT2D eigenvalue weighted by molar-refractivity contribution is 5.48. The molecule has 0 spiro atoms. The van der Waals surface area contributed by atoms with Crippen LogP contribution < -0.4 is 10.6 Å². The maximum Gasteiger partial charge on any atom is 0.128 e. The molecular formula is C13H18F2N2.